The van der Waals surface area contributed by atoms with E-state index in [4.69, 9.17) is 37.9 Å². The average Bonchev–Trinajstić information content (AvgIpc) is 3.15. The van der Waals surface area contributed by atoms with Gasteiger partial charge in [0.2, 0.25) is 0 Å². The molecule has 0 aliphatic rings. The summed E-state index contributed by atoms with van der Waals surface area (Å²) in [5.74, 6) is -0.298. The second-order valence-corrected chi connectivity index (χ2v) is 19.7. The van der Waals surface area contributed by atoms with Crippen molar-refractivity contribution in [2.45, 2.75) is 0 Å². The first kappa shape index (κ1) is 36.6. The third kappa shape index (κ3) is 6.23. The van der Waals surface area contributed by atoms with Crippen molar-refractivity contribution in [1.82, 2.24) is 0 Å². The van der Waals surface area contributed by atoms with Crippen LogP contribution in [0.4, 0.5) is 0 Å². The van der Waals surface area contributed by atoms with Gasteiger partial charge in [-0.15, -0.1) is 0 Å². The van der Waals surface area contributed by atoms with Crippen LogP contribution in [0.3, 0.4) is 0 Å². The van der Waals surface area contributed by atoms with Gasteiger partial charge in [0.25, 0.3) is 0 Å². The Balaban J connectivity index is 2.36. The third-order valence-electron chi connectivity index (χ3n) is 7.98. The molecule has 0 spiro atoms. The molecule has 0 aliphatic heterocycles. The van der Waals surface area contributed by atoms with Gasteiger partial charge in [-0.2, -0.15) is 0 Å². The Morgan fingerprint density at radius 2 is 0.469 bits per heavy atom. The molecule has 0 radical (unpaired) electrons. The molecule has 0 bridgehead atoms. The summed E-state index contributed by atoms with van der Waals surface area (Å²) in [5.41, 5.74) is -1.13. The van der Waals surface area contributed by atoms with Gasteiger partial charge in [-0.1, -0.05) is 0 Å². The van der Waals surface area contributed by atoms with E-state index in [-0.39, 0.29) is 68.2 Å². The molecule has 0 amide bonds. The Hall–Kier alpha value is -5.24. The van der Waals surface area contributed by atoms with Crippen molar-refractivity contribution in [3.05, 3.63) is 95.1 Å². The van der Waals surface area contributed by atoms with E-state index in [0.29, 0.717) is 0 Å². The van der Waals surface area contributed by atoms with Crippen molar-refractivity contribution in [3.63, 3.8) is 0 Å². The molecule has 0 saturated heterocycles. The van der Waals surface area contributed by atoms with Crippen LogP contribution in [0.2, 0.25) is 0 Å². The molecular formula is C36H36O12Sn. The second kappa shape index (κ2) is 15.8. The minimum atomic E-state index is -6.99. The summed E-state index contributed by atoms with van der Waals surface area (Å²) in [6.45, 7) is 0. The first-order valence-electron chi connectivity index (χ1n) is 14.7. The zero-order chi connectivity index (χ0) is 35.9. The van der Waals surface area contributed by atoms with Crippen LogP contribution in [0, 0.1) is 0 Å². The van der Waals surface area contributed by atoms with E-state index in [1.165, 1.54) is 105 Å². The van der Waals surface area contributed by atoms with E-state index in [0.717, 1.165) is 0 Å². The summed E-state index contributed by atoms with van der Waals surface area (Å²) in [5, 5.41) is 0. The van der Waals surface area contributed by atoms with Gasteiger partial charge < -0.3 is 0 Å². The number of benzene rings is 4. The quantitative estimate of drug-likeness (QED) is 0.138. The average molecular weight is 779 g/mol. The monoisotopic (exact) mass is 780 g/mol. The van der Waals surface area contributed by atoms with E-state index >= 15 is 19.2 Å². The summed E-state index contributed by atoms with van der Waals surface area (Å²) in [6.07, 6.45) is 0. The summed E-state index contributed by atoms with van der Waals surface area (Å²) in [7, 11) is 10.5. The third-order valence-corrected chi connectivity index (χ3v) is 18.6. The molecule has 0 N–H and O–H groups in total. The topological polar surface area (TPSA) is 142 Å². The fraction of sp³-hybridized carbons (Fsp3) is 0.222. The number of rotatable bonds is 16. The molecule has 4 rings (SSSR count). The van der Waals surface area contributed by atoms with Gasteiger partial charge in [0.15, 0.2) is 0 Å². The van der Waals surface area contributed by atoms with E-state index in [1.807, 2.05) is 0 Å². The number of hydrogen-bond acceptors (Lipinski definition) is 12. The molecule has 12 nitrogen and oxygen atoms in total. The van der Waals surface area contributed by atoms with Gasteiger partial charge in [0, 0.05) is 0 Å². The van der Waals surface area contributed by atoms with E-state index in [2.05, 4.69) is 0 Å². The van der Waals surface area contributed by atoms with Gasteiger partial charge in [-0.3, -0.25) is 0 Å². The molecule has 4 aromatic carbocycles. The zero-order valence-electron chi connectivity index (χ0n) is 28.3. The summed E-state index contributed by atoms with van der Waals surface area (Å²) in [4.78, 5) is 62.8. The fourth-order valence-corrected chi connectivity index (χ4v) is 16.3. The minimum absolute atomic E-state index is 0.0372. The Kier molecular flexibility index (Phi) is 11.8. The fourth-order valence-electron chi connectivity index (χ4n) is 5.67. The molecule has 0 heterocycles. The van der Waals surface area contributed by atoms with Gasteiger partial charge in [0.05, 0.1) is 0 Å². The standard InChI is InChI=1S/4C9H9O3.Sn/c4*1-11-8-4-3-5-9(12-2)7(8)6-10;/h4*3-5H,1-2H3;. The molecule has 49 heavy (non-hydrogen) atoms. The maximum atomic E-state index is 15.7. The van der Waals surface area contributed by atoms with Crippen molar-refractivity contribution >= 4 is 33.6 Å². The number of carbonyl (C=O) groups is 4. The molecular weight excluding hydrogens is 743 g/mol. The molecule has 256 valence electrons. The molecule has 0 aliphatic carbocycles. The molecule has 0 atom stereocenters. The molecule has 13 heteroatoms. The van der Waals surface area contributed by atoms with Gasteiger partial charge in [-0.05, 0) is 0 Å². The van der Waals surface area contributed by atoms with Crippen LogP contribution in [0.15, 0.2) is 72.8 Å². The van der Waals surface area contributed by atoms with Gasteiger partial charge in [0.1, 0.15) is 0 Å². The first-order chi connectivity index (χ1) is 23.7. The predicted octanol–water partition coefficient (Wildman–Crippen LogP) is 5.19. The van der Waals surface area contributed by atoms with Crippen LogP contribution >= 0.6 is 0 Å². The van der Waals surface area contributed by atoms with Crippen LogP contribution in [-0.4, -0.2) is 90.5 Å². The van der Waals surface area contributed by atoms with Gasteiger partial charge >= 0.3 is 289 Å². The van der Waals surface area contributed by atoms with E-state index in [1.54, 1.807) is 24.3 Å². The van der Waals surface area contributed by atoms with Crippen molar-refractivity contribution in [1.29, 1.82) is 0 Å². The molecule has 0 unspecified atom stereocenters. The first-order valence-corrected chi connectivity index (χ1v) is 20.4. The van der Waals surface area contributed by atoms with Crippen LogP contribution in [0.25, 0.3) is 0 Å². The van der Waals surface area contributed by atoms with Gasteiger partial charge in [-0.25, -0.2) is 0 Å². The van der Waals surface area contributed by atoms with E-state index < -0.39 is 33.6 Å². The van der Waals surface area contributed by atoms with Crippen molar-refractivity contribution in [3.8, 4) is 46.0 Å². The van der Waals surface area contributed by atoms with Crippen LogP contribution in [0.5, 0.6) is 46.0 Å². The maximum absolute atomic E-state index is 15.7. The van der Waals surface area contributed by atoms with Crippen molar-refractivity contribution in [2.24, 2.45) is 0 Å². The van der Waals surface area contributed by atoms with Crippen LogP contribution < -0.4 is 37.9 Å². The number of methoxy groups -OCH3 is 8. The SMILES string of the molecule is COc1cccc(OC)c1[C](=O)[Sn]([C](=O)c1c(OC)cccc1OC)([C](=O)c1c(OC)cccc1OC)[C](=O)c1c(OC)cccc1OC. The Bertz CT molecular complexity index is 1540. The summed E-state index contributed by atoms with van der Waals surface area (Å²) >= 11 is -6.99. The predicted molar refractivity (Wildman–Crippen MR) is 181 cm³/mol. The Morgan fingerprint density at radius 3 is 0.592 bits per heavy atom. The second-order valence-electron chi connectivity index (χ2n) is 10.2. The van der Waals surface area contributed by atoms with E-state index in [9.17, 15) is 0 Å². The molecule has 4 aromatic rings. The summed E-state index contributed by atoms with van der Waals surface area (Å²) < 4.78 is 40.3. The zero-order valence-corrected chi connectivity index (χ0v) is 31.2. The molecule has 0 aromatic heterocycles. The Morgan fingerprint density at radius 1 is 0.327 bits per heavy atom. The molecule has 0 fully saturated rings. The van der Waals surface area contributed by atoms with Crippen molar-refractivity contribution in [2.75, 3.05) is 56.9 Å². The van der Waals surface area contributed by atoms with Crippen molar-refractivity contribution < 1.29 is 57.1 Å². The normalized spacial score (nSPS) is 10.8. The van der Waals surface area contributed by atoms with Crippen LogP contribution in [0.1, 0.15) is 41.4 Å². The summed E-state index contributed by atoms with van der Waals surface area (Å²) in [6, 6.07) is 17.9. The number of carbonyl (C=O) groups excluding carboxylic acids is 4. The number of ether oxygens (including phenoxy) is 8. The Labute approximate surface area is 287 Å². The molecule has 0 saturated carbocycles. The number of hydrogen-bond donors (Lipinski definition) is 0. The van der Waals surface area contributed by atoms with Crippen LogP contribution in [-0.2, 0) is 0 Å².